The van der Waals surface area contributed by atoms with Crippen molar-refractivity contribution in [1.29, 1.82) is 0 Å². The van der Waals surface area contributed by atoms with E-state index in [-0.39, 0.29) is 5.41 Å². The van der Waals surface area contributed by atoms with E-state index in [1.54, 1.807) is 7.11 Å². The average molecular weight is 271 g/mol. The maximum absolute atomic E-state index is 5.86. The molecule has 0 aliphatic carbocycles. The van der Waals surface area contributed by atoms with Crippen molar-refractivity contribution in [3.63, 3.8) is 0 Å². The van der Waals surface area contributed by atoms with E-state index >= 15 is 0 Å². The van der Waals surface area contributed by atoms with Gasteiger partial charge in [-0.05, 0) is 12.8 Å². The molecule has 0 aliphatic rings. The summed E-state index contributed by atoms with van der Waals surface area (Å²) >= 11 is 0. The number of hydrogen-bond donors (Lipinski definition) is 1. The third-order valence-corrected chi connectivity index (χ3v) is 3.57. The molecule has 19 heavy (non-hydrogen) atoms. The summed E-state index contributed by atoms with van der Waals surface area (Å²) in [5, 5.41) is 3.99. The average Bonchev–Trinajstić information content (AvgIpc) is 2.91. The summed E-state index contributed by atoms with van der Waals surface area (Å²) in [5.41, 5.74) is 5.67. The lowest BCUT2D eigenvalue weighted by atomic mass is 9.82. The van der Waals surface area contributed by atoms with Crippen molar-refractivity contribution in [2.75, 3.05) is 33.5 Å². The standard InChI is InChI=1S/C13H25N3O3/c1-4-13(5-2,10-14)12-15-11(16-19-12)6-7-18-9-8-17-3/h4-10,14H2,1-3H3. The summed E-state index contributed by atoms with van der Waals surface area (Å²) < 4.78 is 15.6. The van der Waals surface area contributed by atoms with Gasteiger partial charge >= 0.3 is 0 Å². The van der Waals surface area contributed by atoms with Crippen LogP contribution in [0.3, 0.4) is 0 Å². The molecular weight excluding hydrogens is 246 g/mol. The minimum Gasteiger partial charge on any atom is -0.382 e. The monoisotopic (exact) mass is 271 g/mol. The van der Waals surface area contributed by atoms with E-state index in [2.05, 4.69) is 24.0 Å². The third-order valence-electron chi connectivity index (χ3n) is 3.57. The Balaban J connectivity index is 2.51. The zero-order chi connectivity index (χ0) is 14.1. The summed E-state index contributed by atoms with van der Waals surface area (Å²) in [4.78, 5) is 4.44. The largest absolute Gasteiger partial charge is 0.382 e. The van der Waals surface area contributed by atoms with Gasteiger partial charge in [0.05, 0.1) is 25.2 Å². The fourth-order valence-corrected chi connectivity index (χ4v) is 1.91. The Kier molecular flexibility index (Phi) is 6.97. The van der Waals surface area contributed by atoms with E-state index in [1.807, 2.05) is 0 Å². The summed E-state index contributed by atoms with van der Waals surface area (Å²) in [6.07, 6.45) is 2.43. The van der Waals surface area contributed by atoms with Gasteiger partial charge in [0.2, 0.25) is 5.89 Å². The topological polar surface area (TPSA) is 83.4 Å². The van der Waals surface area contributed by atoms with Crippen LogP contribution in [0.4, 0.5) is 0 Å². The van der Waals surface area contributed by atoms with Crippen LogP contribution in [-0.4, -0.2) is 43.6 Å². The molecule has 0 saturated carbocycles. The highest BCUT2D eigenvalue weighted by Gasteiger charge is 2.33. The fraction of sp³-hybridized carbons (Fsp3) is 0.846. The molecule has 0 aliphatic heterocycles. The minimum atomic E-state index is -0.192. The molecule has 0 aromatic carbocycles. The highest BCUT2D eigenvalue weighted by atomic mass is 16.5. The van der Waals surface area contributed by atoms with Gasteiger partial charge in [-0.25, -0.2) is 0 Å². The maximum atomic E-state index is 5.86. The quantitative estimate of drug-likeness (QED) is 0.646. The van der Waals surface area contributed by atoms with Crippen LogP contribution < -0.4 is 5.73 Å². The zero-order valence-electron chi connectivity index (χ0n) is 12.1. The molecule has 0 spiro atoms. The van der Waals surface area contributed by atoms with Crippen molar-refractivity contribution in [3.8, 4) is 0 Å². The van der Waals surface area contributed by atoms with Crippen LogP contribution in [0.5, 0.6) is 0 Å². The normalized spacial score (nSPS) is 12.0. The Bertz CT molecular complexity index is 342. The predicted molar refractivity (Wildman–Crippen MR) is 72.0 cm³/mol. The molecule has 1 heterocycles. The lowest BCUT2D eigenvalue weighted by molar-refractivity contribution is 0.0714. The number of nitrogens with two attached hydrogens (primary N) is 1. The van der Waals surface area contributed by atoms with E-state index in [0.29, 0.717) is 44.5 Å². The van der Waals surface area contributed by atoms with Crippen LogP contribution in [0.1, 0.15) is 38.4 Å². The lowest BCUT2D eigenvalue weighted by Crippen LogP contribution is -2.34. The van der Waals surface area contributed by atoms with Crippen LogP contribution >= 0.6 is 0 Å². The zero-order valence-corrected chi connectivity index (χ0v) is 12.1. The molecule has 0 unspecified atom stereocenters. The highest BCUT2D eigenvalue weighted by molar-refractivity contribution is 5.05. The summed E-state index contributed by atoms with van der Waals surface area (Å²) in [7, 11) is 1.65. The van der Waals surface area contributed by atoms with Crippen molar-refractivity contribution < 1.29 is 14.0 Å². The van der Waals surface area contributed by atoms with Crippen LogP contribution in [0.15, 0.2) is 4.52 Å². The van der Waals surface area contributed by atoms with Gasteiger partial charge in [0.1, 0.15) is 0 Å². The molecule has 0 amide bonds. The van der Waals surface area contributed by atoms with Crippen molar-refractivity contribution in [2.24, 2.45) is 5.73 Å². The van der Waals surface area contributed by atoms with Gasteiger partial charge in [0.25, 0.3) is 0 Å². The van der Waals surface area contributed by atoms with Crippen molar-refractivity contribution in [3.05, 3.63) is 11.7 Å². The molecule has 110 valence electrons. The van der Waals surface area contributed by atoms with E-state index in [9.17, 15) is 0 Å². The number of aromatic nitrogens is 2. The predicted octanol–water partition coefficient (Wildman–Crippen LogP) is 1.29. The summed E-state index contributed by atoms with van der Waals surface area (Å²) in [6, 6.07) is 0. The molecule has 0 saturated heterocycles. The Morgan fingerprint density at radius 1 is 1.21 bits per heavy atom. The number of nitrogens with zero attached hydrogens (tertiary/aromatic N) is 2. The third kappa shape index (κ3) is 4.26. The highest BCUT2D eigenvalue weighted by Crippen LogP contribution is 2.28. The smallest absolute Gasteiger partial charge is 0.234 e. The molecule has 6 nitrogen and oxygen atoms in total. The van der Waals surface area contributed by atoms with Gasteiger partial charge in [0, 0.05) is 20.1 Å². The Labute approximate surface area is 114 Å². The molecule has 0 radical (unpaired) electrons. The summed E-state index contributed by atoms with van der Waals surface area (Å²) in [6.45, 7) is 6.45. The van der Waals surface area contributed by atoms with Crippen LogP contribution in [0.2, 0.25) is 0 Å². The molecule has 0 atom stereocenters. The van der Waals surface area contributed by atoms with Gasteiger partial charge in [-0.1, -0.05) is 19.0 Å². The first-order chi connectivity index (χ1) is 9.22. The molecule has 1 rings (SSSR count). The number of rotatable bonds is 10. The van der Waals surface area contributed by atoms with Gasteiger partial charge < -0.3 is 19.7 Å². The first-order valence-corrected chi connectivity index (χ1v) is 6.82. The van der Waals surface area contributed by atoms with Crippen molar-refractivity contribution in [2.45, 2.75) is 38.5 Å². The van der Waals surface area contributed by atoms with E-state index in [4.69, 9.17) is 19.7 Å². The second-order valence-electron chi connectivity index (χ2n) is 4.56. The SMILES string of the molecule is CCC(CC)(CN)c1nc(CCOCCOC)no1. The first kappa shape index (κ1) is 16.1. The van der Waals surface area contributed by atoms with Crippen LogP contribution in [-0.2, 0) is 21.3 Å². The van der Waals surface area contributed by atoms with Gasteiger partial charge in [0.15, 0.2) is 5.82 Å². The molecule has 6 heteroatoms. The number of hydrogen-bond acceptors (Lipinski definition) is 6. The van der Waals surface area contributed by atoms with Crippen molar-refractivity contribution in [1.82, 2.24) is 10.1 Å². The first-order valence-electron chi connectivity index (χ1n) is 6.82. The molecule has 1 aromatic rings. The Morgan fingerprint density at radius 2 is 1.95 bits per heavy atom. The van der Waals surface area contributed by atoms with Crippen LogP contribution in [0.25, 0.3) is 0 Å². The summed E-state index contributed by atoms with van der Waals surface area (Å²) in [5.74, 6) is 1.32. The molecule has 2 N–H and O–H groups in total. The second-order valence-corrected chi connectivity index (χ2v) is 4.56. The van der Waals surface area contributed by atoms with E-state index in [0.717, 1.165) is 12.8 Å². The van der Waals surface area contributed by atoms with E-state index < -0.39 is 0 Å². The fourth-order valence-electron chi connectivity index (χ4n) is 1.91. The number of ether oxygens (including phenoxy) is 2. The second kappa shape index (κ2) is 8.24. The number of methoxy groups -OCH3 is 1. The minimum absolute atomic E-state index is 0.192. The maximum Gasteiger partial charge on any atom is 0.234 e. The van der Waals surface area contributed by atoms with Gasteiger partial charge in [-0.3, -0.25) is 0 Å². The van der Waals surface area contributed by atoms with Crippen molar-refractivity contribution >= 4 is 0 Å². The molecule has 1 aromatic heterocycles. The van der Waals surface area contributed by atoms with E-state index in [1.165, 1.54) is 0 Å². The molecular formula is C13H25N3O3. The van der Waals surface area contributed by atoms with Crippen LogP contribution in [0, 0.1) is 0 Å². The van der Waals surface area contributed by atoms with Gasteiger partial charge in [-0.15, -0.1) is 0 Å². The Morgan fingerprint density at radius 3 is 2.53 bits per heavy atom. The molecule has 0 bridgehead atoms. The lowest BCUT2D eigenvalue weighted by Gasteiger charge is -2.24. The van der Waals surface area contributed by atoms with Gasteiger partial charge in [-0.2, -0.15) is 4.98 Å². The Hall–Kier alpha value is -0.980. The molecule has 0 fully saturated rings.